The van der Waals surface area contributed by atoms with Crippen molar-refractivity contribution < 1.29 is 4.74 Å². The zero-order chi connectivity index (χ0) is 10.6. The summed E-state index contributed by atoms with van der Waals surface area (Å²) in [7, 11) is 1.78. The van der Waals surface area contributed by atoms with E-state index < -0.39 is 0 Å². The van der Waals surface area contributed by atoms with Crippen LogP contribution in [0, 0.1) is 5.92 Å². The van der Waals surface area contributed by atoms with Crippen molar-refractivity contribution in [2.75, 3.05) is 33.4 Å². The lowest BCUT2D eigenvalue weighted by atomic mass is 9.97. The van der Waals surface area contributed by atoms with Crippen LogP contribution in [-0.2, 0) is 4.74 Å². The predicted octanol–water partition coefficient (Wildman–Crippen LogP) is 1.50. The maximum atomic E-state index is 6.01. The molecule has 1 atom stereocenters. The molecule has 15 heavy (non-hydrogen) atoms. The SMILES string of the molecule is COCC1CCCN(CC(C)(C)N)C1.Cl. The zero-order valence-corrected chi connectivity index (χ0v) is 11.0. The average Bonchev–Trinajstić information content (AvgIpc) is 2.02. The molecule has 0 aromatic carbocycles. The summed E-state index contributed by atoms with van der Waals surface area (Å²) in [5, 5.41) is 0. The lowest BCUT2D eigenvalue weighted by molar-refractivity contribution is 0.0820. The minimum Gasteiger partial charge on any atom is -0.384 e. The van der Waals surface area contributed by atoms with Crippen LogP contribution in [0.3, 0.4) is 0 Å². The third-order valence-corrected chi connectivity index (χ3v) is 2.64. The number of likely N-dealkylation sites (tertiary alicyclic amines) is 1. The van der Waals surface area contributed by atoms with Gasteiger partial charge in [-0.25, -0.2) is 0 Å². The van der Waals surface area contributed by atoms with E-state index in [9.17, 15) is 0 Å². The monoisotopic (exact) mass is 236 g/mol. The van der Waals surface area contributed by atoms with Gasteiger partial charge in [0.15, 0.2) is 0 Å². The molecule has 0 aromatic rings. The number of piperidine rings is 1. The summed E-state index contributed by atoms with van der Waals surface area (Å²) in [6.45, 7) is 8.41. The van der Waals surface area contributed by atoms with Gasteiger partial charge in [-0.1, -0.05) is 0 Å². The van der Waals surface area contributed by atoms with Crippen molar-refractivity contribution in [1.29, 1.82) is 0 Å². The predicted molar refractivity (Wildman–Crippen MR) is 66.6 cm³/mol. The third kappa shape index (κ3) is 6.36. The minimum atomic E-state index is -0.0744. The largest absolute Gasteiger partial charge is 0.384 e. The van der Waals surface area contributed by atoms with E-state index in [-0.39, 0.29) is 17.9 Å². The molecule has 1 aliphatic rings. The van der Waals surface area contributed by atoms with Gasteiger partial charge in [-0.15, -0.1) is 12.4 Å². The van der Waals surface area contributed by atoms with Crippen LogP contribution in [0.15, 0.2) is 0 Å². The van der Waals surface area contributed by atoms with E-state index in [0.717, 1.165) is 19.7 Å². The summed E-state index contributed by atoms with van der Waals surface area (Å²) in [5.41, 5.74) is 5.94. The van der Waals surface area contributed by atoms with Gasteiger partial charge in [0.25, 0.3) is 0 Å². The number of rotatable bonds is 4. The zero-order valence-electron chi connectivity index (χ0n) is 10.2. The highest BCUT2D eigenvalue weighted by atomic mass is 35.5. The normalized spacial score (nSPS) is 23.6. The van der Waals surface area contributed by atoms with Crippen LogP contribution < -0.4 is 5.73 Å². The summed E-state index contributed by atoms with van der Waals surface area (Å²) in [6.07, 6.45) is 2.58. The van der Waals surface area contributed by atoms with Gasteiger partial charge in [0.2, 0.25) is 0 Å². The van der Waals surface area contributed by atoms with Crippen molar-refractivity contribution in [2.24, 2.45) is 11.7 Å². The van der Waals surface area contributed by atoms with Crippen LogP contribution >= 0.6 is 12.4 Å². The van der Waals surface area contributed by atoms with Crippen LogP contribution in [0.2, 0.25) is 0 Å². The van der Waals surface area contributed by atoms with Crippen LogP contribution in [0.25, 0.3) is 0 Å². The highest BCUT2D eigenvalue weighted by molar-refractivity contribution is 5.85. The molecular formula is C11H25ClN2O. The second kappa shape index (κ2) is 6.69. The van der Waals surface area contributed by atoms with E-state index >= 15 is 0 Å². The first kappa shape index (κ1) is 15.2. The van der Waals surface area contributed by atoms with Crippen molar-refractivity contribution in [3.63, 3.8) is 0 Å². The molecule has 1 aliphatic heterocycles. The Bertz CT molecular complexity index is 168. The quantitative estimate of drug-likeness (QED) is 0.804. The van der Waals surface area contributed by atoms with Crippen LogP contribution in [0.5, 0.6) is 0 Å². The summed E-state index contributed by atoms with van der Waals surface area (Å²) in [6, 6.07) is 0. The first-order chi connectivity index (χ1) is 6.51. The maximum absolute atomic E-state index is 6.01. The molecule has 3 nitrogen and oxygen atoms in total. The molecule has 0 radical (unpaired) electrons. The molecule has 1 rings (SSSR count). The summed E-state index contributed by atoms with van der Waals surface area (Å²) >= 11 is 0. The van der Waals surface area contributed by atoms with E-state index in [1.165, 1.54) is 19.4 Å². The molecule has 0 aliphatic carbocycles. The van der Waals surface area contributed by atoms with E-state index in [0.29, 0.717) is 5.92 Å². The summed E-state index contributed by atoms with van der Waals surface area (Å²) < 4.78 is 5.20. The van der Waals surface area contributed by atoms with E-state index in [4.69, 9.17) is 10.5 Å². The van der Waals surface area contributed by atoms with E-state index in [2.05, 4.69) is 18.7 Å². The van der Waals surface area contributed by atoms with Crippen molar-refractivity contribution in [1.82, 2.24) is 4.90 Å². The molecule has 0 bridgehead atoms. The lowest BCUT2D eigenvalue weighted by Gasteiger charge is -2.36. The van der Waals surface area contributed by atoms with Crippen molar-refractivity contribution in [3.05, 3.63) is 0 Å². The Labute approximate surface area is 99.7 Å². The fraction of sp³-hybridized carbons (Fsp3) is 1.00. The number of nitrogens with two attached hydrogens (primary N) is 1. The third-order valence-electron chi connectivity index (χ3n) is 2.64. The molecule has 2 N–H and O–H groups in total. The maximum Gasteiger partial charge on any atom is 0.0502 e. The molecule has 1 heterocycles. The Morgan fingerprint density at radius 1 is 1.47 bits per heavy atom. The molecule has 92 valence electrons. The minimum absolute atomic E-state index is 0. The standard InChI is InChI=1S/C11H24N2O.ClH/c1-11(2,12)9-13-6-4-5-10(7-13)8-14-3;/h10H,4-9,12H2,1-3H3;1H. The van der Waals surface area contributed by atoms with Gasteiger partial charge >= 0.3 is 0 Å². The Morgan fingerprint density at radius 2 is 2.13 bits per heavy atom. The van der Waals surface area contributed by atoms with Gasteiger partial charge in [0.05, 0.1) is 6.61 Å². The smallest absolute Gasteiger partial charge is 0.0502 e. The Kier molecular flexibility index (Phi) is 6.76. The summed E-state index contributed by atoms with van der Waals surface area (Å²) in [4.78, 5) is 2.47. The van der Waals surface area contributed by atoms with Gasteiger partial charge in [-0.05, 0) is 39.2 Å². The Morgan fingerprint density at radius 3 is 2.67 bits per heavy atom. The number of methoxy groups -OCH3 is 1. The topological polar surface area (TPSA) is 38.5 Å². The van der Waals surface area contributed by atoms with Crippen molar-refractivity contribution >= 4 is 12.4 Å². The van der Waals surface area contributed by atoms with Gasteiger partial charge in [0, 0.05) is 25.7 Å². The highest BCUT2D eigenvalue weighted by Crippen LogP contribution is 2.17. The molecule has 0 aromatic heterocycles. The number of ether oxygens (including phenoxy) is 1. The fourth-order valence-electron chi connectivity index (χ4n) is 2.24. The molecule has 1 unspecified atom stereocenters. The summed E-state index contributed by atoms with van der Waals surface area (Å²) in [5.74, 6) is 0.705. The van der Waals surface area contributed by atoms with E-state index in [1.54, 1.807) is 7.11 Å². The van der Waals surface area contributed by atoms with Gasteiger partial charge in [-0.2, -0.15) is 0 Å². The second-order valence-corrected chi connectivity index (χ2v) is 5.19. The van der Waals surface area contributed by atoms with Gasteiger partial charge in [0.1, 0.15) is 0 Å². The molecule has 4 heteroatoms. The average molecular weight is 237 g/mol. The number of halogens is 1. The molecule has 1 saturated heterocycles. The van der Waals surface area contributed by atoms with Crippen molar-refractivity contribution in [3.8, 4) is 0 Å². The first-order valence-electron chi connectivity index (χ1n) is 5.51. The van der Waals surface area contributed by atoms with Crippen LogP contribution in [-0.4, -0.2) is 43.8 Å². The Hall–Kier alpha value is 0.170. The fourth-order valence-corrected chi connectivity index (χ4v) is 2.24. The Balaban J connectivity index is 0.00000196. The molecule has 0 spiro atoms. The number of nitrogens with zero attached hydrogens (tertiary/aromatic N) is 1. The molecular weight excluding hydrogens is 212 g/mol. The molecule has 1 fully saturated rings. The van der Waals surface area contributed by atoms with E-state index in [1.807, 2.05) is 0 Å². The highest BCUT2D eigenvalue weighted by Gasteiger charge is 2.23. The first-order valence-corrected chi connectivity index (χ1v) is 5.51. The second-order valence-electron chi connectivity index (χ2n) is 5.19. The molecule has 0 amide bonds. The number of hydrogen-bond acceptors (Lipinski definition) is 3. The number of hydrogen-bond donors (Lipinski definition) is 1. The van der Waals surface area contributed by atoms with Crippen LogP contribution in [0.4, 0.5) is 0 Å². The van der Waals surface area contributed by atoms with Gasteiger partial charge in [-0.3, -0.25) is 0 Å². The molecule has 0 saturated carbocycles. The van der Waals surface area contributed by atoms with Gasteiger partial charge < -0.3 is 15.4 Å². The van der Waals surface area contributed by atoms with Crippen molar-refractivity contribution in [2.45, 2.75) is 32.2 Å². The lowest BCUT2D eigenvalue weighted by Crippen LogP contribution is -2.49. The van der Waals surface area contributed by atoms with Crippen LogP contribution in [0.1, 0.15) is 26.7 Å².